The second-order valence-electron chi connectivity index (χ2n) is 7.96. The third-order valence-electron chi connectivity index (χ3n) is 5.73. The van der Waals surface area contributed by atoms with Crippen molar-refractivity contribution in [1.29, 1.82) is 0 Å². The molecule has 5 nitrogen and oxygen atoms in total. The molecule has 0 atom stereocenters. The van der Waals surface area contributed by atoms with Crippen molar-refractivity contribution in [3.8, 4) is 0 Å². The van der Waals surface area contributed by atoms with E-state index in [4.69, 9.17) is 16.6 Å². The maximum absolute atomic E-state index is 12.5. The predicted octanol–water partition coefficient (Wildman–Crippen LogP) is 6.46. The number of rotatable bonds is 6. The van der Waals surface area contributed by atoms with Crippen molar-refractivity contribution in [3.05, 3.63) is 52.4 Å². The molecule has 0 fully saturated rings. The van der Waals surface area contributed by atoms with Crippen LogP contribution in [-0.2, 0) is 24.1 Å². The van der Waals surface area contributed by atoms with E-state index in [0.29, 0.717) is 5.02 Å². The van der Waals surface area contributed by atoms with Gasteiger partial charge in [0.25, 0.3) is 0 Å². The van der Waals surface area contributed by atoms with Crippen LogP contribution in [0.25, 0.3) is 20.4 Å². The number of thioether (sulfide) groups is 1. The third kappa shape index (κ3) is 4.21. The summed E-state index contributed by atoms with van der Waals surface area (Å²) in [5.41, 5.74) is 5.85. The minimum atomic E-state index is -0.0778. The van der Waals surface area contributed by atoms with Gasteiger partial charge in [-0.05, 0) is 67.5 Å². The Morgan fingerprint density at radius 1 is 1.16 bits per heavy atom. The summed E-state index contributed by atoms with van der Waals surface area (Å²) in [4.78, 5) is 27.7. The van der Waals surface area contributed by atoms with Crippen molar-refractivity contribution in [3.63, 3.8) is 0 Å². The number of pyridine rings is 1. The number of carbonyl (C=O) groups is 1. The fourth-order valence-electron chi connectivity index (χ4n) is 4.33. The highest BCUT2D eigenvalue weighted by Crippen LogP contribution is 2.41. The molecule has 8 heteroatoms. The lowest BCUT2D eigenvalue weighted by Crippen LogP contribution is -2.14. The van der Waals surface area contributed by atoms with Gasteiger partial charge < -0.3 is 5.32 Å². The second-order valence-corrected chi connectivity index (χ2v) is 10.4. The van der Waals surface area contributed by atoms with Crippen LogP contribution in [0.3, 0.4) is 0 Å². The normalized spacial score (nSPS) is 13.4. The lowest BCUT2D eigenvalue weighted by atomic mass is 9.88. The van der Waals surface area contributed by atoms with Crippen molar-refractivity contribution in [1.82, 2.24) is 15.0 Å². The molecule has 1 aliphatic rings. The average Bonchev–Trinajstić information content (AvgIpc) is 3.19. The van der Waals surface area contributed by atoms with Gasteiger partial charge in [0.2, 0.25) is 5.91 Å². The Balaban J connectivity index is 1.46. The van der Waals surface area contributed by atoms with Gasteiger partial charge in [-0.2, -0.15) is 0 Å². The van der Waals surface area contributed by atoms with Gasteiger partial charge in [-0.25, -0.2) is 15.0 Å². The van der Waals surface area contributed by atoms with Crippen LogP contribution in [0, 0.1) is 0 Å². The van der Waals surface area contributed by atoms with Gasteiger partial charge in [-0.15, -0.1) is 11.3 Å². The molecule has 1 aliphatic carbocycles. The van der Waals surface area contributed by atoms with E-state index in [9.17, 15) is 4.79 Å². The smallest absolute Gasteiger partial charge is 0.234 e. The highest BCUT2D eigenvalue weighted by atomic mass is 35.5. The highest BCUT2D eigenvalue weighted by Gasteiger charge is 2.23. The van der Waals surface area contributed by atoms with Crippen LogP contribution >= 0.6 is 34.7 Å². The molecule has 1 amide bonds. The topological polar surface area (TPSA) is 67.8 Å². The monoisotopic (exact) mass is 482 g/mol. The summed E-state index contributed by atoms with van der Waals surface area (Å²) < 4.78 is 1.03. The number of nitrogens with one attached hydrogen (secondary N) is 1. The van der Waals surface area contributed by atoms with Crippen molar-refractivity contribution in [2.75, 3.05) is 11.1 Å². The number of aromatic nitrogens is 3. The number of fused-ring (bicyclic) bond motifs is 5. The molecule has 3 aromatic heterocycles. The Bertz CT molecular complexity index is 1300. The molecule has 3 heterocycles. The summed E-state index contributed by atoms with van der Waals surface area (Å²) in [5.74, 6) is 0.196. The molecule has 0 bridgehead atoms. The number of amides is 1. The van der Waals surface area contributed by atoms with Crippen LogP contribution < -0.4 is 5.32 Å². The molecule has 0 unspecified atom stereocenters. The van der Waals surface area contributed by atoms with Crippen LogP contribution in [0.15, 0.2) is 35.6 Å². The number of halogens is 1. The predicted molar refractivity (Wildman–Crippen MR) is 134 cm³/mol. The van der Waals surface area contributed by atoms with E-state index in [0.717, 1.165) is 51.4 Å². The molecule has 164 valence electrons. The fraction of sp³-hybridized carbons (Fsp3) is 0.333. The molecule has 0 saturated heterocycles. The quantitative estimate of drug-likeness (QED) is 0.252. The zero-order chi connectivity index (χ0) is 22.1. The highest BCUT2D eigenvalue weighted by molar-refractivity contribution is 8.00. The zero-order valence-corrected chi connectivity index (χ0v) is 20.2. The Morgan fingerprint density at radius 2 is 1.94 bits per heavy atom. The standard InChI is InChI=1S/C24H23ClN4OS2/c1-2-5-18-16-6-3-4-7-17(16)20-21-22(32-23(20)29-18)24(27-13-26-21)31-12-19(30)28-15-10-8-14(25)9-11-15/h8-11,13H,2-7,12H2,1H3,(H,28,30). The van der Waals surface area contributed by atoms with Crippen molar-refractivity contribution in [2.24, 2.45) is 0 Å². The first-order chi connectivity index (χ1) is 15.6. The van der Waals surface area contributed by atoms with Crippen molar-refractivity contribution in [2.45, 2.75) is 50.5 Å². The summed E-state index contributed by atoms with van der Waals surface area (Å²) in [5, 5.41) is 5.59. The van der Waals surface area contributed by atoms with Gasteiger partial charge in [0, 0.05) is 21.8 Å². The molecule has 4 aromatic rings. The first kappa shape index (κ1) is 21.6. The molecule has 0 saturated carbocycles. The third-order valence-corrected chi connectivity index (χ3v) is 8.18. The summed E-state index contributed by atoms with van der Waals surface area (Å²) in [6.07, 6.45) is 8.38. The van der Waals surface area contributed by atoms with Gasteiger partial charge in [-0.3, -0.25) is 4.79 Å². The van der Waals surface area contributed by atoms with Gasteiger partial charge in [-0.1, -0.05) is 36.7 Å². The first-order valence-corrected chi connectivity index (χ1v) is 13.1. The van der Waals surface area contributed by atoms with Gasteiger partial charge in [0.05, 0.1) is 16.0 Å². The van der Waals surface area contributed by atoms with Crippen LogP contribution in [-0.4, -0.2) is 26.6 Å². The summed E-state index contributed by atoms with van der Waals surface area (Å²) in [6, 6.07) is 7.11. The molecular formula is C24H23ClN4OS2. The maximum Gasteiger partial charge on any atom is 0.234 e. The van der Waals surface area contributed by atoms with E-state index in [1.807, 2.05) is 0 Å². The Labute approximate surface area is 200 Å². The van der Waals surface area contributed by atoms with Crippen LogP contribution in [0.5, 0.6) is 0 Å². The summed E-state index contributed by atoms with van der Waals surface area (Å²) in [6.45, 7) is 2.21. The Morgan fingerprint density at radius 3 is 2.72 bits per heavy atom. The fourth-order valence-corrected chi connectivity index (χ4v) is 6.51. The summed E-state index contributed by atoms with van der Waals surface area (Å²) in [7, 11) is 0. The minimum Gasteiger partial charge on any atom is -0.325 e. The van der Waals surface area contributed by atoms with E-state index >= 15 is 0 Å². The van der Waals surface area contributed by atoms with Crippen molar-refractivity contribution >= 4 is 66.7 Å². The second kappa shape index (κ2) is 9.33. The number of nitrogens with zero attached hydrogens (tertiary/aromatic N) is 3. The van der Waals surface area contributed by atoms with Crippen molar-refractivity contribution < 1.29 is 4.79 Å². The van der Waals surface area contributed by atoms with Gasteiger partial charge in [0.15, 0.2) is 0 Å². The molecule has 0 spiro atoms. The van der Waals surface area contributed by atoms with Crippen LogP contribution in [0.4, 0.5) is 5.69 Å². The number of hydrogen-bond acceptors (Lipinski definition) is 6. The minimum absolute atomic E-state index is 0.0778. The molecule has 5 rings (SSSR count). The van der Waals surface area contributed by atoms with E-state index in [2.05, 4.69) is 22.2 Å². The molecule has 0 aliphatic heterocycles. The molecular weight excluding hydrogens is 460 g/mol. The maximum atomic E-state index is 12.5. The van der Waals surface area contributed by atoms with E-state index < -0.39 is 0 Å². The number of benzene rings is 1. The van der Waals surface area contributed by atoms with E-state index in [-0.39, 0.29) is 11.7 Å². The summed E-state index contributed by atoms with van der Waals surface area (Å²) >= 11 is 9.01. The SMILES string of the molecule is CCCc1nc2sc3c(SCC(=O)Nc4ccc(Cl)cc4)ncnc3c2c2c1CCCC2. The first-order valence-electron chi connectivity index (χ1n) is 10.9. The Kier molecular flexibility index (Phi) is 6.31. The van der Waals surface area contributed by atoms with Gasteiger partial charge >= 0.3 is 0 Å². The van der Waals surface area contributed by atoms with E-state index in [1.165, 1.54) is 46.8 Å². The largest absolute Gasteiger partial charge is 0.325 e. The van der Waals surface area contributed by atoms with Crippen LogP contribution in [0.2, 0.25) is 5.02 Å². The zero-order valence-electron chi connectivity index (χ0n) is 17.8. The molecule has 32 heavy (non-hydrogen) atoms. The Hall–Kier alpha value is -2.22. The average molecular weight is 483 g/mol. The lowest BCUT2D eigenvalue weighted by Gasteiger charge is -2.19. The number of hydrogen-bond donors (Lipinski definition) is 1. The van der Waals surface area contributed by atoms with Gasteiger partial charge in [0.1, 0.15) is 16.2 Å². The van der Waals surface area contributed by atoms with Crippen LogP contribution in [0.1, 0.15) is 43.0 Å². The number of anilines is 1. The number of thiophene rings is 1. The number of aryl methyl sites for hydroxylation is 2. The lowest BCUT2D eigenvalue weighted by molar-refractivity contribution is -0.113. The molecule has 0 radical (unpaired) electrons. The molecule has 1 N–H and O–H groups in total. The van der Waals surface area contributed by atoms with E-state index in [1.54, 1.807) is 41.9 Å². The number of carbonyl (C=O) groups excluding carboxylic acids is 1. The molecule has 1 aromatic carbocycles.